The van der Waals surface area contributed by atoms with Gasteiger partial charge in [0.1, 0.15) is 0 Å². The summed E-state index contributed by atoms with van der Waals surface area (Å²) in [5.74, 6) is -0.740. The Labute approximate surface area is 331 Å². The Balaban J connectivity index is 1.24. The lowest BCUT2D eigenvalue weighted by Gasteiger charge is -2.34. The van der Waals surface area contributed by atoms with Crippen molar-refractivity contribution in [2.24, 2.45) is 11.5 Å². The van der Waals surface area contributed by atoms with E-state index in [0.29, 0.717) is 89.4 Å². The summed E-state index contributed by atoms with van der Waals surface area (Å²) in [6, 6.07) is 27.1. The molecule has 6 rings (SSSR count). The molecule has 4 aromatic rings. The molecule has 0 bridgehead atoms. The normalized spacial score (nSPS) is 16.5. The number of benzene rings is 4. The van der Waals surface area contributed by atoms with Gasteiger partial charge in [0.25, 0.3) is 0 Å². The van der Waals surface area contributed by atoms with Crippen LogP contribution < -0.4 is 11.5 Å². The Morgan fingerprint density at radius 3 is 1.14 bits per heavy atom. The Morgan fingerprint density at radius 2 is 0.839 bits per heavy atom. The van der Waals surface area contributed by atoms with E-state index in [1.807, 2.05) is 50.2 Å². The summed E-state index contributed by atoms with van der Waals surface area (Å²) in [4.78, 5) is 29.3. The number of rotatable bonds is 15. The van der Waals surface area contributed by atoms with Gasteiger partial charge in [0.05, 0.1) is 11.5 Å². The van der Waals surface area contributed by atoms with Crippen LogP contribution in [-0.4, -0.2) is 111 Å². The van der Waals surface area contributed by atoms with Gasteiger partial charge in [-0.05, 0) is 81.6 Å². The highest BCUT2D eigenvalue weighted by Crippen LogP contribution is 2.39. The number of hydrogen-bond acceptors (Lipinski definition) is 8. The van der Waals surface area contributed by atoms with Crippen LogP contribution in [-0.2, 0) is 33.1 Å². The molecule has 2 aliphatic rings. The van der Waals surface area contributed by atoms with Gasteiger partial charge in [-0.1, -0.05) is 74.5 Å². The van der Waals surface area contributed by atoms with Crippen LogP contribution in [0.15, 0.2) is 84.9 Å². The predicted molar refractivity (Wildman–Crippen MR) is 222 cm³/mol. The van der Waals surface area contributed by atoms with E-state index in [0.717, 1.165) is 44.5 Å². The number of carbonyl (C=O) groups is 2. The molecule has 4 aromatic carbocycles. The standard InChI is InChI=1S/C42H52N6O6S2/c1-3-25-55(51,52)47-21-17-45(18-22-47)29-31-5-9-33(10-6-31)39-27-35(41(43)49)13-15-37(39)38-16-14-36(42(44)50)28-40(38)34-11-7-32(8-12-34)30-46-19-23-48(24-20-46)56(53,54)26-4-2/h5-16,27-28H,3-4,17-26,29-30H2,1-2H3,(H2,43,49)(H2,44,50). The van der Waals surface area contributed by atoms with Crippen molar-refractivity contribution in [3.63, 3.8) is 0 Å². The largest absolute Gasteiger partial charge is 0.366 e. The number of nitrogens with two attached hydrogens (primary N) is 2. The molecule has 0 saturated carbocycles. The van der Waals surface area contributed by atoms with Gasteiger partial charge in [0, 0.05) is 76.6 Å². The third-order valence-corrected chi connectivity index (χ3v) is 14.8. The molecule has 12 nitrogen and oxygen atoms in total. The van der Waals surface area contributed by atoms with Gasteiger partial charge in [0.2, 0.25) is 31.9 Å². The van der Waals surface area contributed by atoms with E-state index in [1.165, 1.54) is 0 Å². The molecule has 0 radical (unpaired) electrons. The molecule has 0 aliphatic carbocycles. The Kier molecular flexibility index (Phi) is 13.1. The smallest absolute Gasteiger partial charge is 0.248 e. The van der Waals surface area contributed by atoms with Crippen molar-refractivity contribution in [3.8, 4) is 33.4 Å². The number of hydrogen-bond donors (Lipinski definition) is 2. The average Bonchev–Trinajstić information content (AvgIpc) is 3.18. The number of carbonyl (C=O) groups excluding carboxylic acids is 2. The van der Waals surface area contributed by atoms with E-state index < -0.39 is 31.9 Å². The Hall–Kier alpha value is -4.44. The molecule has 2 amide bonds. The van der Waals surface area contributed by atoms with Crippen molar-refractivity contribution < 1.29 is 26.4 Å². The molecule has 0 spiro atoms. The lowest BCUT2D eigenvalue weighted by atomic mass is 9.87. The summed E-state index contributed by atoms with van der Waals surface area (Å²) in [5, 5.41) is 0. The van der Waals surface area contributed by atoms with Gasteiger partial charge in [-0.2, -0.15) is 8.61 Å². The first kappa shape index (κ1) is 41.2. The molecule has 4 N–H and O–H groups in total. The van der Waals surface area contributed by atoms with Crippen LogP contribution in [0, 0.1) is 0 Å². The fourth-order valence-corrected chi connectivity index (χ4v) is 10.5. The van der Waals surface area contributed by atoms with E-state index in [4.69, 9.17) is 11.5 Å². The van der Waals surface area contributed by atoms with Crippen molar-refractivity contribution in [1.82, 2.24) is 18.4 Å². The SMILES string of the molecule is CCCS(=O)(=O)N1CCN(Cc2ccc(-c3cc(C(N)=O)ccc3-c3ccc(C(N)=O)cc3-c3ccc(CN4CCN(S(=O)(=O)CCC)CC4)cc3)cc2)CC1. The zero-order chi connectivity index (χ0) is 40.0. The van der Waals surface area contributed by atoms with Crippen LogP contribution in [0.3, 0.4) is 0 Å². The van der Waals surface area contributed by atoms with E-state index in [9.17, 15) is 26.4 Å². The Bertz CT molecular complexity index is 2090. The minimum Gasteiger partial charge on any atom is -0.366 e. The summed E-state index contributed by atoms with van der Waals surface area (Å²) in [6.45, 7) is 9.66. The molecule has 2 heterocycles. The molecule has 0 atom stereocenters. The van der Waals surface area contributed by atoms with Gasteiger partial charge in [-0.15, -0.1) is 0 Å². The van der Waals surface area contributed by atoms with Gasteiger partial charge < -0.3 is 11.5 Å². The molecule has 2 saturated heterocycles. The van der Waals surface area contributed by atoms with Gasteiger partial charge >= 0.3 is 0 Å². The third-order valence-electron chi connectivity index (χ3n) is 10.6. The number of amides is 2. The first-order chi connectivity index (χ1) is 26.8. The summed E-state index contributed by atoms with van der Waals surface area (Å²) in [7, 11) is -6.43. The van der Waals surface area contributed by atoms with E-state index in [-0.39, 0.29) is 11.5 Å². The minimum atomic E-state index is -3.21. The highest BCUT2D eigenvalue weighted by molar-refractivity contribution is 7.89. The summed E-state index contributed by atoms with van der Waals surface area (Å²) in [5.41, 5.74) is 19.5. The van der Waals surface area contributed by atoms with E-state index in [2.05, 4.69) is 34.1 Å². The highest BCUT2D eigenvalue weighted by atomic mass is 32.2. The van der Waals surface area contributed by atoms with Gasteiger partial charge in [-0.25, -0.2) is 16.8 Å². The van der Waals surface area contributed by atoms with Gasteiger partial charge in [-0.3, -0.25) is 19.4 Å². The van der Waals surface area contributed by atoms with Crippen LogP contribution in [0.25, 0.3) is 33.4 Å². The lowest BCUT2D eigenvalue weighted by molar-refractivity contribution is 0.0992. The van der Waals surface area contributed by atoms with Crippen LogP contribution in [0.5, 0.6) is 0 Å². The number of primary amides is 2. The third kappa shape index (κ3) is 9.74. The summed E-state index contributed by atoms with van der Waals surface area (Å²) >= 11 is 0. The predicted octanol–water partition coefficient (Wildman–Crippen LogP) is 4.60. The highest BCUT2D eigenvalue weighted by Gasteiger charge is 2.27. The second-order valence-corrected chi connectivity index (χ2v) is 18.8. The van der Waals surface area contributed by atoms with Crippen molar-refractivity contribution >= 4 is 31.9 Å². The average molecular weight is 801 g/mol. The fourth-order valence-electron chi connectivity index (χ4n) is 7.54. The monoisotopic (exact) mass is 800 g/mol. The fraction of sp³-hybridized carbons (Fsp3) is 0.381. The molecular formula is C42H52N6O6S2. The maximum atomic E-state index is 12.5. The Morgan fingerprint density at radius 1 is 0.500 bits per heavy atom. The summed E-state index contributed by atoms with van der Waals surface area (Å²) in [6.07, 6.45) is 1.20. The zero-order valence-corrected chi connectivity index (χ0v) is 33.8. The van der Waals surface area contributed by atoms with Crippen molar-refractivity contribution in [3.05, 3.63) is 107 Å². The van der Waals surface area contributed by atoms with Crippen LogP contribution in [0.1, 0.15) is 58.5 Å². The molecule has 0 aromatic heterocycles. The molecule has 14 heteroatoms. The van der Waals surface area contributed by atoms with Crippen LogP contribution >= 0.6 is 0 Å². The quantitative estimate of drug-likeness (QED) is 0.176. The van der Waals surface area contributed by atoms with E-state index >= 15 is 0 Å². The second-order valence-electron chi connectivity index (χ2n) is 14.6. The zero-order valence-electron chi connectivity index (χ0n) is 32.2. The number of piperazine rings is 2. The van der Waals surface area contributed by atoms with Gasteiger partial charge in [0.15, 0.2) is 0 Å². The number of sulfonamides is 2. The molecule has 0 unspecified atom stereocenters. The maximum absolute atomic E-state index is 12.5. The van der Waals surface area contributed by atoms with E-state index in [1.54, 1.807) is 32.9 Å². The summed E-state index contributed by atoms with van der Waals surface area (Å²) < 4.78 is 53.3. The topological polar surface area (TPSA) is 167 Å². The van der Waals surface area contributed by atoms with Crippen LogP contribution in [0.4, 0.5) is 0 Å². The lowest BCUT2D eigenvalue weighted by Crippen LogP contribution is -2.48. The first-order valence-electron chi connectivity index (χ1n) is 19.2. The molecule has 298 valence electrons. The van der Waals surface area contributed by atoms with Crippen molar-refractivity contribution in [2.45, 2.75) is 39.8 Å². The van der Waals surface area contributed by atoms with Crippen molar-refractivity contribution in [2.75, 3.05) is 63.9 Å². The first-order valence-corrected chi connectivity index (χ1v) is 22.5. The maximum Gasteiger partial charge on any atom is 0.248 e. The molecule has 56 heavy (non-hydrogen) atoms. The van der Waals surface area contributed by atoms with Crippen LogP contribution in [0.2, 0.25) is 0 Å². The molecular weight excluding hydrogens is 749 g/mol. The molecule has 2 fully saturated rings. The van der Waals surface area contributed by atoms with Crippen molar-refractivity contribution in [1.29, 1.82) is 0 Å². The molecule has 2 aliphatic heterocycles. The number of nitrogens with zero attached hydrogens (tertiary/aromatic N) is 4. The second kappa shape index (κ2) is 17.8. The minimum absolute atomic E-state index is 0.173.